The molecular formula is C15H21BrN2O. The Morgan fingerprint density at radius 2 is 2.11 bits per heavy atom. The van der Waals surface area contributed by atoms with Gasteiger partial charge in [0.25, 0.3) is 0 Å². The molecule has 2 unspecified atom stereocenters. The normalized spacial score (nSPS) is 19.3. The van der Waals surface area contributed by atoms with Crippen LogP contribution in [0.1, 0.15) is 44.4 Å². The Hall–Kier alpha value is -0.870. The van der Waals surface area contributed by atoms with Gasteiger partial charge in [0, 0.05) is 16.6 Å². The molecule has 2 atom stereocenters. The van der Waals surface area contributed by atoms with E-state index in [2.05, 4.69) is 44.8 Å². The Kier molecular flexibility index (Phi) is 4.63. The molecule has 1 aromatic carbocycles. The molecule has 1 aliphatic carbocycles. The molecule has 2 rings (SSSR count). The zero-order chi connectivity index (χ0) is 14.0. The first kappa shape index (κ1) is 14.5. The van der Waals surface area contributed by atoms with E-state index in [9.17, 15) is 4.79 Å². The molecule has 0 spiro atoms. The van der Waals surface area contributed by atoms with Crippen molar-refractivity contribution in [1.29, 1.82) is 0 Å². The van der Waals surface area contributed by atoms with Crippen LogP contribution in [0.2, 0.25) is 0 Å². The summed E-state index contributed by atoms with van der Waals surface area (Å²) in [5.74, 6) is 0.0680. The van der Waals surface area contributed by atoms with Gasteiger partial charge in [-0.2, -0.15) is 0 Å². The third-order valence-electron chi connectivity index (χ3n) is 3.49. The Labute approximate surface area is 123 Å². The van der Waals surface area contributed by atoms with E-state index in [0.29, 0.717) is 0 Å². The molecule has 0 heterocycles. The molecule has 4 heteroatoms. The van der Waals surface area contributed by atoms with Gasteiger partial charge in [0.15, 0.2) is 0 Å². The smallest absolute Gasteiger partial charge is 0.237 e. The summed E-state index contributed by atoms with van der Waals surface area (Å²) >= 11 is 3.60. The molecule has 2 N–H and O–H groups in total. The van der Waals surface area contributed by atoms with Crippen LogP contribution in [0.15, 0.2) is 22.7 Å². The van der Waals surface area contributed by atoms with Crippen molar-refractivity contribution in [1.82, 2.24) is 10.6 Å². The fourth-order valence-electron chi connectivity index (χ4n) is 2.57. The average molecular weight is 325 g/mol. The SMILES string of the molecule is CC(C)NC(=O)C(C)NC1CCc2c(Br)cccc21. The van der Waals surface area contributed by atoms with E-state index in [-0.39, 0.29) is 24.0 Å². The molecule has 0 aromatic heterocycles. The molecule has 1 amide bonds. The van der Waals surface area contributed by atoms with Crippen molar-refractivity contribution in [3.05, 3.63) is 33.8 Å². The summed E-state index contributed by atoms with van der Waals surface area (Å²) in [7, 11) is 0. The average Bonchev–Trinajstić information content (AvgIpc) is 2.73. The summed E-state index contributed by atoms with van der Waals surface area (Å²) in [4.78, 5) is 11.9. The van der Waals surface area contributed by atoms with Gasteiger partial charge < -0.3 is 5.32 Å². The molecule has 0 aliphatic heterocycles. The summed E-state index contributed by atoms with van der Waals surface area (Å²) in [6, 6.07) is 6.58. The highest BCUT2D eigenvalue weighted by Crippen LogP contribution is 2.35. The standard InChI is InChI=1S/C15H21BrN2O/c1-9(2)17-15(19)10(3)18-14-8-7-11-12(14)5-4-6-13(11)16/h4-6,9-10,14,18H,7-8H2,1-3H3,(H,17,19). The van der Waals surface area contributed by atoms with E-state index in [1.54, 1.807) is 0 Å². The number of fused-ring (bicyclic) bond motifs is 1. The largest absolute Gasteiger partial charge is 0.353 e. The van der Waals surface area contributed by atoms with E-state index in [1.165, 1.54) is 15.6 Å². The summed E-state index contributed by atoms with van der Waals surface area (Å²) in [5.41, 5.74) is 2.69. The van der Waals surface area contributed by atoms with Crippen LogP contribution in [0.4, 0.5) is 0 Å². The first-order chi connectivity index (χ1) is 8.99. The van der Waals surface area contributed by atoms with Gasteiger partial charge in [-0.1, -0.05) is 28.1 Å². The Morgan fingerprint density at radius 3 is 2.79 bits per heavy atom. The molecule has 1 aliphatic rings. The van der Waals surface area contributed by atoms with Gasteiger partial charge in [-0.15, -0.1) is 0 Å². The third kappa shape index (κ3) is 3.37. The molecule has 19 heavy (non-hydrogen) atoms. The molecule has 0 radical (unpaired) electrons. The van der Waals surface area contributed by atoms with Crippen molar-refractivity contribution < 1.29 is 4.79 Å². The molecular weight excluding hydrogens is 304 g/mol. The van der Waals surface area contributed by atoms with E-state index in [1.807, 2.05) is 20.8 Å². The number of nitrogens with one attached hydrogen (secondary N) is 2. The first-order valence-electron chi connectivity index (χ1n) is 6.82. The highest BCUT2D eigenvalue weighted by atomic mass is 79.9. The molecule has 0 bridgehead atoms. The van der Waals surface area contributed by atoms with Crippen LogP contribution in [0.25, 0.3) is 0 Å². The fourth-order valence-corrected chi connectivity index (χ4v) is 3.15. The van der Waals surface area contributed by atoms with Gasteiger partial charge in [-0.3, -0.25) is 10.1 Å². The highest BCUT2D eigenvalue weighted by molar-refractivity contribution is 9.10. The van der Waals surface area contributed by atoms with E-state index >= 15 is 0 Å². The molecule has 104 valence electrons. The lowest BCUT2D eigenvalue weighted by molar-refractivity contribution is -0.123. The van der Waals surface area contributed by atoms with Crippen LogP contribution in [0, 0.1) is 0 Å². The van der Waals surface area contributed by atoms with Crippen molar-refractivity contribution in [2.45, 2.75) is 51.7 Å². The van der Waals surface area contributed by atoms with Gasteiger partial charge >= 0.3 is 0 Å². The summed E-state index contributed by atoms with van der Waals surface area (Å²) in [6.07, 6.45) is 2.12. The fraction of sp³-hybridized carbons (Fsp3) is 0.533. The number of hydrogen-bond donors (Lipinski definition) is 2. The third-order valence-corrected chi connectivity index (χ3v) is 4.23. The monoisotopic (exact) mass is 324 g/mol. The van der Waals surface area contributed by atoms with Crippen LogP contribution in [0.3, 0.4) is 0 Å². The summed E-state index contributed by atoms with van der Waals surface area (Å²) in [5, 5.41) is 6.38. The zero-order valence-corrected chi connectivity index (χ0v) is 13.3. The minimum Gasteiger partial charge on any atom is -0.353 e. The Bertz CT molecular complexity index is 473. The van der Waals surface area contributed by atoms with Crippen LogP contribution < -0.4 is 10.6 Å². The molecule has 1 aromatic rings. The van der Waals surface area contributed by atoms with Crippen LogP contribution in [-0.4, -0.2) is 18.0 Å². The van der Waals surface area contributed by atoms with Crippen molar-refractivity contribution in [3.63, 3.8) is 0 Å². The van der Waals surface area contributed by atoms with Crippen LogP contribution in [0.5, 0.6) is 0 Å². The van der Waals surface area contributed by atoms with E-state index < -0.39 is 0 Å². The van der Waals surface area contributed by atoms with Gasteiger partial charge in [-0.25, -0.2) is 0 Å². The molecule has 0 saturated carbocycles. The highest BCUT2D eigenvalue weighted by Gasteiger charge is 2.26. The second-order valence-electron chi connectivity index (χ2n) is 5.45. The van der Waals surface area contributed by atoms with Gasteiger partial charge in [0.1, 0.15) is 0 Å². The van der Waals surface area contributed by atoms with E-state index in [4.69, 9.17) is 0 Å². The Balaban J connectivity index is 2.03. The number of rotatable bonds is 4. The minimum atomic E-state index is -0.169. The maximum Gasteiger partial charge on any atom is 0.237 e. The van der Waals surface area contributed by atoms with Crippen molar-refractivity contribution in [2.24, 2.45) is 0 Å². The molecule has 0 saturated heterocycles. The lowest BCUT2D eigenvalue weighted by Gasteiger charge is -2.21. The second-order valence-corrected chi connectivity index (χ2v) is 6.30. The predicted octanol–water partition coefficient (Wildman–Crippen LogP) is 2.94. The lowest BCUT2D eigenvalue weighted by Crippen LogP contribution is -2.45. The predicted molar refractivity (Wildman–Crippen MR) is 81.1 cm³/mol. The van der Waals surface area contributed by atoms with Crippen molar-refractivity contribution in [3.8, 4) is 0 Å². The van der Waals surface area contributed by atoms with E-state index in [0.717, 1.165) is 12.8 Å². The zero-order valence-electron chi connectivity index (χ0n) is 11.7. The van der Waals surface area contributed by atoms with Crippen LogP contribution >= 0.6 is 15.9 Å². The number of benzene rings is 1. The topological polar surface area (TPSA) is 41.1 Å². The number of amides is 1. The number of hydrogen-bond acceptors (Lipinski definition) is 2. The van der Waals surface area contributed by atoms with Crippen molar-refractivity contribution in [2.75, 3.05) is 0 Å². The second kappa shape index (κ2) is 6.06. The minimum absolute atomic E-state index is 0.0680. The maximum absolute atomic E-state index is 11.9. The number of carbonyl (C=O) groups excluding carboxylic acids is 1. The summed E-state index contributed by atoms with van der Waals surface area (Å²) in [6.45, 7) is 5.88. The Morgan fingerprint density at radius 1 is 1.37 bits per heavy atom. The summed E-state index contributed by atoms with van der Waals surface area (Å²) < 4.78 is 1.17. The molecule has 0 fully saturated rings. The number of carbonyl (C=O) groups is 1. The maximum atomic E-state index is 11.9. The van der Waals surface area contributed by atoms with Gasteiger partial charge in [0.2, 0.25) is 5.91 Å². The lowest BCUT2D eigenvalue weighted by atomic mass is 10.1. The molecule has 3 nitrogen and oxygen atoms in total. The van der Waals surface area contributed by atoms with Gasteiger partial charge in [0.05, 0.1) is 6.04 Å². The quantitative estimate of drug-likeness (QED) is 0.894. The number of halogens is 1. The first-order valence-corrected chi connectivity index (χ1v) is 7.62. The van der Waals surface area contributed by atoms with Crippen LogP contribution in [-0.2, 0) is 11.2 Å². The van der Waals surface area contributed by atoms with Gasteiger partial charge in [-0.05, 0) is 50.8 Å². The van der Waals surface area contributed by atoms with Crippen molar-refractivity contribution >= 4 is 21.8 Å².